The largest absolute Gasteiger partial charge is 0.379 e. The summed E-state index contributed by atoms with van der Waals surface area (Å²) in [5.41, 5.74) is 0. The van der Waals surface area contributed by atoms with Crippen LogP contribution in [0.5, 0.6) is 0 Å². The van der Waals surface area contributed by atoms with Gasteiger partial charge in [0.1, 0.15) is 0 Å². The molecule has 1 rings (SSSR count). The van der Waals surface area contributed by atoms with Crippen molar-refractivity contribution in [2.75, 3.05) is 92.4 Å². The molecule has 24 heavy (non-hydrogen) atoms. The molecule has 1 atom stereocenters. The molecule has 0 spiro atoms. The molecule has 2 N–H and O–H groups in total. The second-order valence-electron chi connectivity index (χ2n) is 6.73. The highest BCUT2D eigenvalue weighted by Gasteiger charge is 2.15. The molecule has 1 aliphatic heterocycles. The molecule has 0 amide bonds. The number of likely N-dealkylation sites (N-methyl/N-ethyl adjacent to an activating group) is 1. The van der Waals surface area contributed by atoms with Gasteiger partial charge in [-0.2, -0.15) is 0 Å². The molecule has 0 bridgehead atoms. The van der Waals surface area contributed by atoms with E-state index in [0.717, 1.165) is 91.2 Å². The van der Waals surface area contributed by atoms with E-state index in [4.69, 9.17) is 9.47 Å². The number of ether oxygens (including phenoxy) is 2. The lowest BCUT2D eigenvalue weighted by Gasteiger charge is -2.34. The van der Waals surface area contributed by atoms with Crippen molar-refractivity contribution in [2.45, 2.75) is 20.3 Å². The molecule has 1 heterocycles. The van der Waals surface area contributed by atoms with Gasteiger partial charge in [0.25, 0.3) is 0 Å². The van der Waals surface area contributed by atoms with Gasteiger partial charge in [-0.1, -0.05) is 20.3 Å². The van der Waals surface area contributed by atoms with Crippen LogP contribution in [0, 0.1) is 5.92 Å². The number of rotatable bonds is 15. The zero-order valence-electron chi connectivity index (χ0n) is 16.2. The lowest BCUT2D eigenvalue weighted by molar-refractivity contribution is 0.0580. The van der Waals surface area contributed by atoms with Crippen molar-refractivity contribution in [2.24, 2.45) is 5.92 Å². The summed E-state index contributed by atoms with van der Waals surface area (Å²) >= 11 is 0. The van der Waals surface area contributed by atoms with Crippen LogP contribution >= 0.6 is 0 Å². The SMILES string of the molecule is CCC(C)CNCCOCCN1CCN(CCOCCNC)CC1.[HH].[HH]. The van der Waals surface area contributed by atoms with Crippen LogP contribution in [0.2, 0.25) is 0 Å². The summed E-state index contributed by atoms with van der Waals surface area (Å²) in [6.45, 7) is 17.5. The molecule has 0 saturated carbocycles. The number of piperazine rings is 1. The van der Waals surface area contributed by atoms with Gasteiger partial charge in [-0.3, -0.25) is 9.80 Å². The van der Waals surface area contributed by atoms with Crippen LogP contribution in [0.1, 0.15) is 23.1 Å². The minimum Gasteiger partial charge on any atom is -0.379 e. The molecule has 0 aliphatic carbocycles. The van der Waals surface area contributed by atoms with Crippen molar-refractivity contribution in [1.82, 2.24) is 20.4 Å². The zero-order valence-corrected chi connectivity index (χ0v) is 16.2. The molecular weight excluding hydrogens is 304 g/mol. The van der Waals surface area contributed by atoms with E-state index in [1.165, 1.54) is 6.42 Å². The quantitative estimate of drug-likeness (QED) is 0.430. The maximum absolute atomic E-state index is 5.74. The molecule has 0 aromatic rings. The zero-order chi connectivity index (χ0) is 17.5. The molecule has 1 unspecified atom stereocenters. The Morgan fingerprint density at radius 1 is 0.917 bits per heavy atom. The molecule has 6 heteroatoms. The lowest BCUT2D eigenvalue weighted by atomic mass is 10.1. The fraction of sp³-hybridized carbons (Fsp3) is 1.00. The second-order valence-corrected chi connectivity index (χ2v) is 6.73. The minimum atomic E-state index is 0. The van der Waals surface area contributed by atoms with Crippen LogP contribution < -0.4 is 10.6 Å². The third kappa shape index (κ3) is 11.3. The number of hydrogen-bond donors (Lipinski definition) is 2. The Balaban J connectivity index is 0. The highest BCUT2D eigenvalue weighted by atomic mass is 16.5. The van der Waals surface area contributed by atoms with Crippen molar-refractivity contribution in [1.29, 1.82) is 0 Å². The average Bonchev–Trinajstić information content (AvgIpc) is 2.61. The van der Waals surface area contributed by atoms with Crippen molar-refractivity contribution in [3.05, 3.63) is 0 Å². The standard InChI is InChI=1S/C18H40N4O2.2H2/c1-4-18(2)17-20-6-14-24-16-12-22-9-7-21(8-10-22)11-15-23-13-5-19-3;;/h18-20H,4-17H2,1-3H3;2*1H. The van der Waals surface area contributed by atoms with Crippen molar-refractivity contribution in [3.8, 4) is 0 Å². The van der Waals surface area contributed by atoms with Crippen molar-refractivity contribution < 1.29 is 12.3 Å². The summed E-state index contributed by atoms with van der Waals surface area (Å²) in [5.74, 6) is 0.759. The Morgan fingerprint density at radius 3 is 1.96 bits per heavy atom. The highest BCUT2D eigenvalue weighted by Crippen LogP contribution is 2.01. The van der Waals surface area contributed by atoms with Crippen LogP contribution in [-0.2, 0) is 9.47 Å². The Kier molecular flexibility index (Phi) is 13.7. The Hall–Kier alpha value is -0.240. The fourth-order valence-electron chi connectivity index (χ4n) is 2.64. The first-order chi connectivity index (χ1) is 11.8. The van der Waals surface area contributed by atoms with Gasteiger partial charge in [-0.15, -0.1) is 0 Å². The van der Waals surface area contributed by atoms with Gasteiger partial charge in [-0.05, 0) is 19.5 Å². The van der Waals surface area contributed by atoms with Gasteiger partial charge in [0.15, 0.2) is 0 Å². The van der Waals surface area contributed by atoms with E-state index in [1.54, 1.807) is 0 Å². The average molecular weight is 349 g/mol. The summed E-state index contributed by atoms with van der Waals surface area (Å²) in [6.07, 6.45) is 1.24. The van der Waals surface area contributed by atoms with E-state index in [2.05, 4.69) is 34.3 Å². The summed E-state index contributed by atoms with van der Waals surface area (Å²) < 4.78 is 11.3. The molecule has 1 aliphatic rings. The predicted octanol–water partition coefficient (Wildman–Crippen LogP) is 0.984. The van der Waals surface area contributed by atoms with Gasteiger partial charge in [-0.25, -0.2) is 0 Å². The summed E-state index contributed by atoms with van der Waals surface area (Å²) in [7, 11) is 1.95. The normalized spacial score (nSPS) is 18.1. The van der Waals surface area contributed by atoms with Crippen LogP contribution in [0.4, 0.5) is 0 Å². The van der Waals surface area contributed by atoms with Crippen LogP contribution in [-0.4, -0.2) is 102 Å². The van der Waals surface area contributed by atoms with Crippen LogP contribution in [0.15, 0.2) is 0 Å². The van der Waals surface area contributed by atoms with Gasteiger partial charge >= 0.3 is 0 Å². The number of hydrogen-bond acceptors (Lipinski definition) is 6. The Labute approximate surface area is 152 Å². The fourth-order valence-corrected chi connectivity index (χ4v) is 2.64. The molecule has 0 aromatic heterocycles. The summed E-state index contributed by atoms with van der Waals surface area (Å²) in [4.78, 5) is 5.00. The molecule has 1 fully saturated rings. The first kappa shape index (κ1) is 21.8. The van der Waals surface area contributed by atoms with Gasteiger partial charge in [0.2, 0.25) is 0 Å². The monoisotopic (exact) mass is 348 g/mol. The van der Waals surface area contributed by atoms with E-state index in [-0.39, 0.29) is 2.85 Å². The van der Waals surface area contributed by atoms with Crippen molar-refractivity contribution in [3.63, 3.8) is 0 Å². The third-order valence-corrected chi connectivity index (χ3v) is 4.68. The van der Waals surface area contributed by atoms with Crippen molar-refractivity contribution >= 4 is 0 Å². The lowest BCUT2D eigenvalue weighted by Crippen LogP contribution is -2.48. The van der Waals surface area contributed by atoms with E-state index < -0.39 is 0 Å². The highest BCUT2D eigenvalue weighted by molar-refractivity contribution is 4.71. The first-order valence-electron chi connectivity index (χ1n) is 9.71. The minimum absolute atomic E-state index is 0. The van der Waals surface area contributed by atoms with Gasteiger partial charge in [0, 0.05) is 55.2 Å². The summed E-state index contributed by atoms with van der Waals surface area (Å²) in [6, 6.07) is 0. The maximum atomic E-state index is 5.74. The molecule has 0 aromatic carbocycles. The van der Waals surface area contributed by atoms with E-state index in [0.29, 0.717) is 0 Å². The van der Waals surface area contributed by atoms with E-state index >= 15 is 0 Å². The third-order valence-electron chi connectivity index (χ3n) is 4.68. The molecular formula is C18H44N4O2. The van der Waals surface area contributed by atoms with Crippen LogP contribution in [0.3, 0.4) is 0 Å². The topological polar surface area (TPSA) is 49.0 Å². The number of nitrogens with one attached hydrogen (secondary N) is 2. The van der Waals surface area contributed by atoms with Crippen LogP contribution in [0.25, 0.3) is 0 Å². The Bertz CT molecular complexity index is 284. The van der Waals surface area contributed by atoms with Gasteiger partial charge < -0.3 is 20.1 Å². The van der Waals surface area contributed by atoms with Gasteiger partial charge in [0.05, 0.1) is 26.4 Å². The second kappa shape index (κ2) is 15.0. The molecule has 0 radical (unpaired) electrons. The first-order valence-corrected chi connectivity index (χ1v) is 9.71. The predicted molar refractivity (Wildman–Crippen MR) is 105 cm³/mol. The molecule has 1 saturated heterocycles. The Morgan fingerprint density at radius 2 is 1.46 bits per heavy atom. The summed E-state index contributed by atoms with van der Waals surface area (Å²) in [5, 5.41) is 6.55. The number of nitrogens with zero attached hydrogens (tertiary/aromatic N) is 2. The van der Waals surface area contributed by atoms with E-state index in [9.17, 15) is 0 Å². The molecule has 148 valence electrons. The smallest absolute Gasteiger partial charge is 0.0594 e. The maximum Gasteiger partial charge on any atom is 0.0594 e. The molecule has 6 nitrogen and oxygen atoms in total. The van der Waals surface area contributed by atoms with E-state index in [1.807, 2.05) is 7.05 Å².